The van der Waals surface area contributed by atoms with Crippen LogP contribution in [0.15, 0.2) is 35.2 Å². The van der Waals surface area contributed by atoms with Crippen LogP contribution < -0.4 is 5.32 Å². The van der Waals surface area contributed by atoms with Crippen LogP contribution >= 0.6 is 11.3 Å². The number of rotatable bonds is 4. The maximum atomic E-state index is 4.22. The highest BCUT2D eigenvalue weighted by molar-refractivity contribution is 7.07. The third-order valence-corrected chi connectivity index (χ3v) is 2.84. The maximum absolute atomic E-state index is 4.22. The van der Waals surface area contributed by atoms with Crippen molar-refractivity contribution in [3.63, 3.8) is 0 Å². The first-order chi connectivity index (χ1) is 7.34. The predicted octanol–water partition coefficient (Wildman–Crippen LogP) is 2.74. The van der Waals surface area contributed by atoms with Gasteiger partial charge in [-0.15, -0.1) is 11.3 Å². The third kappa shape index (κ3) is 3.15. The van der Waals surface area contributed by atoms with Crippen molar-refractivity contribution in [2.75, 3.05) is 0 Å². The summed E-state index contributed by atoms with van der Waals surface area (Å²) in [6.07, 6.45) is 0. The molecular formula is C12H14N2S. The zero-order valence-electron chi connectivity index (χ0n) is 8.73. The van der Waals surface area contributed by atoms with Crippen molar-refractivity contribution >= 4 is 11.3 Å². The molecule has 0 radical (unpaired) electrons. The summed E-state index contributed by atoms with van der Waals surface area (Å²) < 4.78 is 0. The maximum Gasteiger partial charge on any atom is 0.0795 e. The molecule has 0 saturated heterocycles. The summed E-state index contributed by atoms with van der Waals surface area (Å²) in [5, 5.41) is 5.45. The Morgan fingerprint density at radius 1 is 1.33 bits per heavy atom. The summed E-state index contributed by atoms with van der Waals surface area (Å²) in [7, 11) is 0. The Morgan fingerprint density at radius 2 is 2.27 bits per heavy atom. The smallest absolute Gasteiger partial charge is 0.0795 e. The topological polar surface area (TPSA) is 24.9 Å². The molecule has 0 spiro atoms. The molecule has 0 saturated carbocycles. The quantitative estimate of drug-likeness (QED) is 0.853. The summed E-state index contributed by atoms with van der Waals surface area (Å²) in [5.41, 5.74) is 5.62. The highest BCUT2D eigenvalue weighted by Crippen LogP contribution is 2.04. The minimum Gasteiger partial charge on any atom is -0.307 e. The number of aromatic nitrogens is 1. The van der Waals surface area contributed by atoms with Crippen LogP contribution in [0.25, 0.3) is 0 Å². The lowest BCUT2D eigenvalue weighted by Gasteiger charge is -2.03. The monoisotopic (exact) mass is 218 g/mol. The van der Waals surface area contributed by atoms with Crippen molar-refractivity contribution in [1.82, 2.24) is 10.3 Å². The zero-order chi connectivity index (χ0) is 10.5. The van der Waals surface area contributed by atoms with Gasteiger partial charge in [-0.25, -0.2) is 4.98 Å². The average Bonchev–Trinajstić information content (AvgIpc) is 2.71. The van der Waals surface area contributed by atoms with Gasteiger partial charge in [-0.2, -0.15) is 0 Å². The molecule has 0 amide bonds. The molecule has 1 heterocycles. The molecule has 0 aliphatic rings. The number of hydrogen-bond acceptors (Lipinski definition) is 3. The molecule has 1 aromatic carbocycles. The number of aryl methyl sites for hydroxylation is 1. The van der Waals surface area contributed by atoms with Gasteiger partial charge in [-0.1, -0.05) is 29.8 Å². The SMILES string of the molecule is Cc1cccc(CNCc2cscn2)c1. The lowest BCUT2D eigenvalue weighted by atomic mass is 10.1. The fourth-order valence-corrected chi connectivity index (χ4v) is 2.04. The van der Waals surface area contributed by atoms with Crippen molar-refractivity contribution in [3.05, 3.63) is 52.0 Å². The van der Waals surface area contributed by atoms with E-state index in [9.17, 15) is 0 Å². The van der Waals surface area contributed by atoms with E-state index in [0.717, 1.165) is 18.8 Å². The number of hydrogen-bond donors (Lipinski definition) is 1. The van der Waals surface area contributed by atoms with Crippen LogP contribution in [0.2, 0.25) is 0 Å². The van der Waals surface area contributed by atoms with Gasteiger partial charge in [0, 0.05) is 18.5 Å². The standard InChI is InChI=1S/C12H14N2S/c1-10-3-2-4-11(5-10)6-13-7-12-8-15-9-14-12/h2-5,8-9,13H,6-7H2,1H3. The summed E-state index contributed by atoms with van der Waals surface area (Å²) in [6, 6.07) is 8.55. The Kier molecular flexibility index (Phi) is 3.48. The first kappa shape index (κ1) is 10.3. The van der Waals surface area contributed by atoms with Crippen LogP contribution in [0.3, 0.4) is 0 Å². The van der Waals surface area contributed by atoms with E-state index in [4.69, 9.17) is 0 Å². The van der Waals surface area contributed by atoms with Gasteiger partial charge in [-0.05, 0) is 12.5 Å². The number of thiazole rings is 1. The Hall–Kier alpha value is -1.19. The fraction of sp³-hybridized carbons (Fsp3) is 0.250. The molecule has 2 rings (SSSR count). The first-order valence-electron chi connectivity index (χ1n) is 4.98. The molecule has 15 heavy (non-hydrogen) atoms. The van der Waals surface area contributed by atoms with Gasteiger partial charge in [0.05, 0.1) is 11.2 Å². The highest BCUT2D eigenvalue weighted by Gasteiger charge is 1.95. The van der Waals surface area contributed by atoms with E-state index < -0.39 is 0 Å². The second-order valence-corrected chi connectivity index (χ2v) is 4.29. The van der Waals surface area contributed by atoms with E-state index in [0.29, 0.717) is 0 Å². The van der Waals surface area contributed by atoms with E-state index >= 15 is 0 Å². The molecule has 0 fully saturated rings. The molecule has 0 aliphatic carbocycles. The van der Waals surface area contributed by atoms with Gasteiger partial charge in [0.25, 0.3) is 0 Å². The minimum atomic E-state index is 0.845. The van der Waals surface area contributed by atoms with Gasteiger partial charge in [-0.3, -0.25) is 0 Å². The molecular weight excluding hydrogens is 204 g/mol. The van der Waals surface area contributed by atoms with Gasteiger partial charge >= 0.3 is 0 Å². The van der Waals surface area contributed by atoms with E-state index in [-0.39, 0.29) is 0 Å². The molecule has 1 aromatic heterocycles. The van der Waals surface area contributed by atoms with E-state index in [2.05, 4.69) is 46.9 Å². The molecule has 1 N–H and O–H groups in total. The number of nitrogens with zero attached hydrogens (tertiary/aromatic N) is 1. The predicted molar refractivity (Wildman–Crippen MR) is 63.8 cm³/mol. The largest absolute Gasteiger partial charge is 0.307 e. The Bertz CT molecular complexity index is 409. The number of nitrogens with one attached hydrogen (secondary N) is 1. The lowest BCUT2D eigenvalue weighted by molar-refractivity contribution is 0.682. The molecule has 0 unspecified atom stereocenters. The van der Waals surface area contributed by atoms with E-state index in [1.165, 1.54) is 11.1 Å². The second kappa shape index (κ2) is 5.05. The van der Waals surface area contributed by atoms with E-state index in [1.807, 2.05) is 5.51 Å². The van der Waals surface area contributed by atoms with Crippen LogP contribution in [0, 0.1) is 6.92 Å². The third-order valence-electron chi connectivity index (χ3n) is 2.20. The zero-order valence-corrected chi connectivity index (χ0v) is 9.55. The Morgan fingerprint density at radius 3 is 3.00 bits per heavy atom. The van der Waals surface area contributed by atoms with Crippen molar-refractivity contribution < 1.29 is 0 Å². The highest BCUT2D eigenvalue weighted by atomic mass is 32.1. The second-order valence-electron chi connectivity index (χ2n) is 3.57. The molecule has 0 bridgehead atoms. The summed E-state index contributed by atoms with van der Waals surface area (Å²) in [6.45, 7) is 3.86. The van der Waals surface area contributed by atoms with E-state index in [1.54, 1.807) is 11.3 Å². The van der Waals surface area contributed by atoms with Crippen molar-refractivity contribution in [1.29, 1.82) is 0 Å². The Labute approximate surface area is 94.0 Å². The van der Waals surface area contributed by atoms with Gasteiger partial charge in [0.2, 0.25) is 0 Å². The average molecular weight is 218 g/mol. The van der Waals surface area contributed by atoms with Crippen LogP contribution in [0.5, 0.6) is 0 Å². The summed E-state index contributed by atoms with van der Waals surface area (Å²) in [4.78, 5) is 4.22. The summed E-state index contributed by atoms with van der Waals surface area (Å²) in [5.74, 6) is 0. The van der Waals surface area contributed by atoms with Crippen molar-refractivity contribution in [2.24, 2.45) is 0 Å². The van der Waals surface area contributed by atoms with Crippen LogP contribution in [-0.4, -0.2) is 4.98 Å². The van der Waals surface area contributed by atoms with Crippen LogP contribution in [0.1, 0.15) is 16.8 Å². The summed E-state index contributed by atoms with van der Waals surface area (Å²) >= 11 is 1.64. The fourth-order valence-electron chi connectivity index (χ4n) is 1.48. The van der Waals surface area contributed by atoms with Crippen molar-refractivity contribution in [3.8, 4) is 0 Å². The van der Waals surface area contributed by atoms with Crippen LogP contribution in [-0.2, 0) is 13.1 Å². The van der Waals surface area contributed by atoms with Gasteiger partial charge < -0.3 is 5.32 Å². The molecule has 78 valence electrons. The molecule has 2 aromatic rings. The minimum absolute atomic E-state index is 0.845. The molecule has 3 heteroatoms. The molecule has 0 aliphatic heterocycles. The van der Waals surface area contributed by atoms with Gasteiger partial charge in [0.1, 0.15) is 0 Å². The Balaban J connectivity index is 1.83. The normalized spacial score (nSPS) is 10.5. The number of benzene rings is 1. The molecule has 0 atom stereocenters. The first-order valence-corrected chi connectivity index (χ1v) is 5.92. The van der Waals surface area contributed by atoms with Gasteiger partial charge in [0.15, 0.2) is 0 Å². The van der Waals surface area contributed by atoms with Crippen LogP contribution in [0.4, 0.5) is 0 Å². The molecule has 2 nitrogen and oxygen atoms in total. The lowest BCUT2D eigenvalue weighted by Crippen LogP contribution is -2.12. The van der Waals surface area contributed by atoms with Crippen molar-refractivity contribution in [2.45, 2.75) is 20.0 Å².